The first-order valence-electron chi connectivity index (χ1n) is 10.5. The van der Waals surface area contributed by atoms with Crippen LogP contribution < -0.4 is 15.0 Å². The van der Waals surface area contributed by atoms with E-state index in [1.165, 1.54) is 11.8 Å². The standard InChI is InChI=1S/C23H25N3O4/c1-13-19(6-2-14-8-9-30-21(13)14)22(27)25-16-10-17-4-5-18(11-16)26(17)20-7-3-15(12-24-20)23(28)29/h2-3,6-7,12,16-18H,4-5,8-11H2,1H3,(H,25,27)(H,28,29)/t16-,17+,18-. The third kappa shape index (κ3) is 3.18. The number of hydrogen-bond acceptors (Lipinski definition) is 5. The Bertz CT molecular complexity index is 990. The summed E-state index contributed by atoms with van der Waals surface area (Å²) in [6, 6.07) is 8.05. The Morgan fingerprint density at radius 3 is 2.60 bits per heavy atom. The summed E-state index contributed by atoms with van der Waals surface area (Å²) in [6.45, 7) is 2.64. The molecule has 1 amide bonds. The molecule has 7 nitrogen and oxygen atoms in total. The maximum absolute atomic E-state index is 13.0. The van der Waals surface area contributed by atoms with Gasteiger partial charge >= 0.3 is 5.97 Å². The molecule has 1 aromatic carbocycles. The highest BCUT2D eigenvalue weighted by molar-refractivity contribution is 5.96. The van der Waals surface area contributed by atoms with Crippen molar-refractivity contribution in [1.82, 2.24) is 10.3 Å². The van der Waals surface area contributed by atoms with E-state index in [-0.39, 0.29) is 17.5 Å². The second-order valence-corrected chi connectivity index (χ2v) is 8.47. The minimum atomic E-state index is -0.967. The molecule has 3 aliphatic heterocycles. The molecule has 3 aliphatic rings. The molecule has 2 fully saturated rings. The van der Waals surface area contributed by atoms with E-state index in [9.17, 15) is 9.59 Å². The number of amides is 1. The lowest BCUT2D eigenvalue weighted by molar-refractivity contribution is 0.0696. The van der Waals surface area contributed by atoms with Crippen molar-refractivity contribution in [3.05, 3.63) is 52.7 Å². The number of carboxylic acids is 1. The van der Waals surface area contributed by atoms with Crippen LogP contribution in [0.25, 0.3) is 0 Å². The molecule has 1 aromatic heterocycles. The zero-order valence-corrected chi connectivity index (χ0v) is 16.9. The summed E-state index contributed by atoms with van der Waals surface area (Å²) in [5, 5.41) is 12.3. The number of rotatable bonds is 4. The number of carboxylic acid groups (broad SMARTS) is 1. The van der Waals surface area contributed by atoms with Gasteiger partial charge in [0.05, 0.1) is 12.2 Å². The normalized spacial score (nSPS) is 24.3. The van der Waals surface area contributed by atoms with Gasteiger partial charge in [-0.2, -0.15) is 0 Å². The lowest BCUT2D eigenvalue weighted by Gasteiger charge is -2.40. The molecule has 2 bridgehead atoms. The van der Waals surface area contributed by atoms with Crippen molar-refractivity contribution < 1.29 is 19.4 Å². The summed E-state index contributed by atoms with van der Waals surface area (Å²) in [6.07, 6.45) is 6.18. The van der Waals surface area contributed by atoms with Crippen molar-refractivity contribution in [2.75, 3.05) is 11.5 Å². The number of aromatic carboxylic acids is 1. The monoisotopic (exact) mass is 407 g/mol. The Morgan fingerprint density at radius 1 is 1.17 bits per heavy atom. The number of carbonyl (C=O) groups is 2. The second-order valence-electron chi connectivity index (χ2n) is 8.47. The summed E-state index contributed by atoms with van der Waals surface area (Å²) in [5.74, 6) is 0.690. The Balaban J connectivity index is 1.28. The first-order valence-corrected chi connectivity index (χ1v) is 10.5. The quantitative estimate of drug-likeness (QED) is 0.810. The van der Waals surface area contributed by atoms with Crippen molar-refractivity contribution in [3.63, 3.8) is 0 Å². The summed E-state index contributed by atoms with van der Waals surface area (Å²) >= 11 is 0. The van der Waals surface area contributed by atoms with E-state index < -0.39 is 5.97 Å². The molecule has 4 heterocycles. The van der Waals surface area contributed by atoms with E-state index in [2.05, 4.69) is 15.2 Å². The average Bonchev–Trinajstić information content (AvgIpc) is 3.31. The fourth-order valence-corrected chi connectivity index (χ4v) is 5.25. The van der Waals surface area contributed by atoms with Crippen LogP contribution in [-0.4, -0.2) is 46.7 Å². The van der Waals surface area contributed by atoms with Gasteiger partial charge in [0, 0.05) is 41.9 Å². The van der Waals surface area contributed by atoms with Crippen molar-refractivity contribution >= 4 is 17.7 Å². The topological polar surface area (TPSA) is 91.8 Å². The molecule has 3 atom stereocenters. The number of pyridine rings is 1. The van der Waals surface area contributed by atoms with Gasteiger partial charge in [-0.1, -0.05) is 6.07 Å². The zero-order valence-electron chi connectivity index (χ0n) is 16.9. The van der Waals surface area contributed by atoms with Gasteiger partial charge in [0.15, 0.2) is 0 Å². The second kappa shape index (κ2) is 7.31. The van der Waals surface area contributed by atoms with E-state index in [0.717, 1.165) is 49.2 Å². The van der Waals surface area contributed by atoms with E-state index in [4.69, 9.17) is 9.84 Å². The van der Waals surface area contributed by atoms with Gasteiger partial charge in [0.25, 0.3) is 5.91 Å². The Morgan fingerprint density at radius 2 is 1.93 bits per heavy atom. The van der Waals surface area contributed by atoms with E-state index in [0.29, 0.717) is 24.3 Å². The fourth-order valence-electron chi connectivity index (χ4n) is 5.25. The third-order valence-corrected chi connectivity index (χ3v) is 6.68. The van der Waals surface area contributed by atoms with E-state index in [1.54, 1.807) is 12.1 Å². The number of aromatic nitrogens is 1. The lowest BCUT2D eigenvalue weighted by atomic mass is 9.96. The molecule has 156 valence electrons. The van der Waals surface area contributed by atoms with Crippen LogP contribution >= 0.6 is 0 Å². The van der Waals surface area contributed by atoms with Crippen LogP contribution in [0.2, 0.25) is 0 Å². The minimum absolute atomic E-state index is 0.0346. The Hall–Kier alpha value is -3.09. The summed E-state index contributed by atoms with van der Waals surface area (Å²) in [7, 11) is 0. The van der Waals surface area contributed by atoms with Crippen LogP contribution in [0, 0.1) is 6.92 Å². The van der Waals surface area contributed by atoms with Gasteiger partial charge in [-0.05, 0) is 56.4 Å². The van der Waals surface area contributed by atoms with Gasteiger partial charge in [0.2, 0.25) is 0 Å². The first kappa shape index (κ1) is 18.9. The molecule has 2 aromatic rings. The highest BCUT2D eigenvalue weighted by Crippen LogP contribution is 2.39. The smallest absolute Gasteiger partial charge is 0.337 e. The number of fused-ring (bicyclic) bond motifs is 3. The molecule has 7 heteroatoms. The predicted molar refractivity (Wildman–Crippen MR) is 111 cm³/mol. The van der Waals surface area contributed by atoms with Crippen molar-refractivity contribution in [3.8, 4) is 5.75 Å². The number of ether oxygens (including phenoxy) is 1. The molecular weight excluding hydrogens is 382 g/mol. The maximum Gasteiger partial charge on any atom is 0.337 e. The van der Waals surface area contributed by atoms with Crippen LogP contribution in [0.15, 0.2) is 30.5 Å². The number of anilines is 1. The lowest BCUT2D eigenvalue weighted by Crippen LogP contribution is -2.50. The molecule has 0 radical (unpaired) electrons. The molecule has 2 saturated heterocycles. The van der Waals surface area contributed by atoms with Gasteiger partial charge in [-0.3, -0.25) is 4.79 Å². The molecule has 5 rings (SSSR count). The number of hydrogen-bond donors (Lipinski definition) is 2. The molecule has 0 unspecified atom stereocenters. The van der Waals surface area contributed by atoms with Crippen LogP contribution in [0.1, 0.15) is 57.5 Å². The van der Waals surface area contributed by atoms with Crippen molar-refractivity contribution in [1.29, 1.82) is 0 Å². The summed E-state index contributed by atoms with van der Waals surface area (Å²) in [4.78, 5) is 30.7. The number of carbonyl (C=O) groups excluding carboxylic acids is 1. The first-order chi connectivity index (χ1) is 14.5. The highest BCUT2D eigenvalue weighted by Gasteiger charge is 2.42. The molecule has 30 heavy (non-hydrogen) atoms. The Labute approximate surface area is 175 Å². The molecule has 0 spiro atoms. The van der Waals surface area contributed by atoms with Crippen LogP contribution in [0.3, 0.4) is 0 Å². The van der Waals surface area contributed by atoms with Gasteiger partial charge in [-0.25, -0.2) is 9.78 Å². The van der Waals surface area contributed by atoms with Crippen LogP contribution in [-0.2, 0) is 6.42 Å². The van der Waals surface area contributed by atoms with Gasteiger partial charge in [0.1, 0.15) is 11.6 Å². The third-order valence-electron chi connectivity index (χ3n) is 6.68. The minimum Gasteiger partial charge on any atom is -0.493 e. The largest absolute Gasteiger partial charge is 0.493 e. The van der Waals surface area contributed by atoms with E-state index >= 15 is 0 Å². The maximum atomic E-state index is 13.0. The SMILES string of the molecule is Cc1c(C(=O)N[C@H]2C[C@H]3CC[C@@H](C2)N3c2ccc(C(=O)O)cn2)ccc2c1OCC2. The van der Waals surface area contributed by atoms with Crippen LogP contribution in [0.4, 0.5) is 5.82 Å². The summed E-state index contributed by atoms with van der Waals surface area (Å²) in [5.41, 5.74) is 2.99. The number of benzene rings is 1. The number of nitrogens with zero attached hydrogens (tertiary/aromatic N) is 2. The van der Waals surface area contributed by atoms with Crippen LogP contribution in [0.5, 0.6) is 5.75 Å². The highest BCUT2D eigenvalue weighted by atomic mass is 16.5. The number of nitrogens with one attached hydrogen (secondary N) is 1. The molecular formula is C23H25N3O4. The number of piperidine rings is 1. The molecule has 0 saturated carbocycles. The average molecular weight is 407 g/mol. The zero-order chi connectivity index (χ0) is 20.8. The van der Waals surface area contributed by atoms with Gasteiger partial charge in [-0.15, -0.1) is 0 Å². The Kier molecular flexibility index (Phi) is 4.60. The molecule has 0 aliphatic carbocycles. The fraction of sp³-hybridized carbons (Fsp3) is 0.435. The van der Waals surface area contributed by atoms with Crippen molar-refractivity contribution in [2.24, 2.45) is 0 Å². The predicted octanol–water partition coefficient (Wildman–Crippen LogP) is 2.95. The van der Waals surface area contributed by atoms with Crippen molar-refractivity contribution in [2.45, 2.75) is 57.2 Å². The van der Waals surface area contributed by atoms with E-state index in [1.807, 2.05) is 19.1 Å². The summed E-state index contributed by atoms with van der Waals surface area (Å²) < 4.78 is 5.71. The van der Waals surface area contributed by atoms with Gasteiger partial charge < -0.3 is 20.1 Å². The molecule has 2 N–H and O–H groups in total.